The molecule has 0 amide bonds. The number of benzene rings is 1. The zero-order chi connectivity index (χ0) is 26.2. The Morgan fingerprint density at radius 1 is 0.722 bits per heavy atom. The molecule has 0 spiro atoms. The first kappa shape index (κ1) is 27.3. The van der Waals surface area contributed by atoms with Gasteiger partial charge in [0.15, 0.2) is 0 Å². The number of ether oxygens (including phenoxy) is 2. The van der Waals surface area contributed by atoms with E-state index in [0.29, 0.717) is 37.2 Å². The summed E-state index contributed by atoms with van der Waals surface area (Å²) >= 11 is 0. The molecular formula is C30H38O6. The van der Waals surface area contributed by atoms with Crippen molar-refractivity contribution >= 4 is 33.9 Å². The first-order valence-corrected chi connectivity index (χ1v) is 13.0. The number of hydrogen-bond acceptors (Lipinski definition) is 6. The second-order valence-corrected chi connectivity index (χ2v) is 9.06. The molecule has 0 aliphatic rings. The van der Waals surface area contributed by atoms with Gasteiger partial charge in [-0.25, -0.2) is 9.59 Å². The molecule has 0 saturated carbocycles. The molecule has 0 radical (unpaired) electrons. The molecule has 0 atom stereocenters. The lowest BCUT2D eigenvalue weighted by Crippen LogP contribution is -2.09. The maximum Gasteiger partial charge on any atom is 0.333 e. The molecule has 0 N–H and O–H groups in total. The standard InChI is InChI=1S/C30H38O6/c1-7-11-13-25-21(15-19(5)29(31)33-9-3)23-17-28-24(18-27(23)35-25)22(26(36-28)14-12-8-2)16-20(6)30(32)34-10-4/h17-18H,5-16H2,1-4H3. The SMILES string of the molecule is C=C(Cc1c(CCCC)oc2cc3c(CC(=C)C(=O)OCC)c(CCCC)oc3cc12)C(=O)OCC. The summed E-state index contributed by atoms with van der Waals surface area (Å²) in [4.78, 5) is 24.6. The van der Waals surface area contributed by atoms with E-state index in [1.165, 1.54) is 0 Å². The Balaban J connectivity index is 2.11. The summed E-state index contributed by atoms with van der Waals surface area (Å²) in [5, 5.41) is 1.82. The fourth-order valence-corrected chi connectivity index (χ4v) is 4.39. The molecule has 1 aromatic carbocycles. The third-order valence-corrected chi connectivity index (χ3v) is 6.29. The van der Waals surface area contributed by atoms with Crippen LogP contribution in [-0.2, 0) is 44.7 Å². The van der Waals surface area contributed by atoms with Crippen molar-refractivity contribution in [1.82, 2.24) is 0 Å². The summed E-state index contributed by atoms with van der Waals surface area (Å²) in [5.74, 6) is 0.922. The molecule has 0 saturated heterocycles. The fraction of sp³-hybridized carbons (Fsp3) is 0.467. The topological polar surface area (TPSA) is 78.9 Å². The number of carbonyl (C=O) groups excluding carboxylic acids is 2. The van der Waals surface area contributed by atoms with Crippen LogP contribution in [0.2, 0.25) is 0 Å². The molecule has 2 heterocycles. The molecule has 0 unspecified atom stereocenters. The van der Waals surface area contributed by atoms with E-state index in [0.717, 1.165) is 83.1 Å². The van der Waals surface area contributed by atoms with Crippen LogP contribution in [0.5, 0.6) is 0 Å². The van der Waals surface area contributed by atoms with Crippen molar-refractivity contribution < 1.29 is 27.9 Å². The molecule has 2 aromatic heterocycles. The van der Waals surface area contributed by atoms with E-state index in [9.17, 15) is 9.59 Å². The summed E-state index contributed by atoms with van der Waals surface area (Å²) in [6, 6.07) is 3.98. The number of carbonyl (C=O) groups is 2. The largest absolute Gasteiger partial charge is 0.463 e. The van der Waals surface area contributed by atoms with Crippen LogP contribution in [0.3, 0.4) is 0 Å². The lowest BCUT2D eigenvalue weighted by atomic mass is 9.97. The number of hydrogen-bond donors (Lipinski definition) is 0. The van der Waals surface area contributed by atoms with E-state index in [-0.39, 0.29) is 0 Å². The van der Waals surface area contributed by atoms with Crippen LogP contribution >= 0.6 is 0 Å². The Morgan fingerprint density at radius 2 is 1.11 bits per heavy atom. The number of aryl methyl sites for hydroxylation is 2. The molecular weight excluding hydrogens is 456 g/mol. The number of rotatable bonds is 14. The lowest BCUT2D eigenvalue weighted by molar-refractivity contribution is -0.139. The van der Waals surface area contributed by atoms with Crippen molar-refractivity contribution in [2.24, 2.45) is 0 Å². The van der Waals surface area contributed by atoms with E-state index in [2.05, 4.69) is 27.0 Å². The normalized spacial score (nSPS) is 11.2. The van der Waals surface area contributed by atoms with Gasteiger partial charge in [0.25, 0.3) is 0 Å². The lowest BCUT2D eigenvalue weighted by Gasteiger charge is -2.06. The first-order valence-electron chi connectivity index (χ1n) is 13.0. The van der Waals surface area contributed by atoms with Crippen molar-refractivity contribution in [2.75, 3.05) is 13.2 Å². The summed E-state index contributed by atoms with van der Waals surface area (Å²) in [7, 11) is 0. The Hall–Kier alpha value is -3.28. The number of furan rings is 2. The average molecular weight is 495 g/mol. The summed E-state index contributed by atoms with van der Waals surface area (Å²) in [6.07, 6.45) is 6.25. The highest BCUT2D eigenvalue weighted by molar-refractivity contribution is 5.99. The summed E-state index contributed by atoms with van der Waals surface area (Å²) in [5.41, 5.74) is 4.14. The molecule has 6 heteroatoms. The zero-order valence-corrected chi connectivity index (χ0v) is 22.1. The first-order chi connectivity index (χ1) is 17.3. The minimum atomic E-state index is -0.394. The van der Waals surface area contributed by atoms with Crippen molar-refractivity contribution in [3.63, 3.8) is 0 Å². The van der Waals surface area contributed by atoms with E-state index >= 15 is 0 Å². The number of esters is 2. The Bertz CT molecular complexity index is 1160. The van der Waals surface area contributed by atoms with Gasteiger partial charge in [0, 0.05) is 58.7 Å². The quantitative estimate of drug-likeness (QED) is 0.174. The van der Waals surface area contributed by atoms with Crippen LogP contribution in [-0.4, -0.2) is 25.2 Å². The number of unbranched alkanes of at least 4 members (excludes halogenated alkanes) is 2. The van der Waals surface area contributed by atoms with Crippen LogP contribution in [0.4, 0.5) is 0 Å². The van der Waals surface area contributed by atoms with Crippen molar-refractivity contribution in [1.29, 1.82) is 0 Å². The maximum atomic E-state index is 12.3. The molecule has 0 bridgehead atoms. The maximum absolute atomic E-state index is 12.3. The predicted molar refractivity (Wildman–Crippen MR) is 142 cm³/mol. The van der Waals surface area contributed by atoms with Crippen LogP contribution in [0, 0.1) is 0 Å². The van der Waals surface area contributed by atoms with Gasteiger partial charge in [0.2, 0.25) is 0 Å². The monoisotopic (exact) mass is 494 g/mol. The number of fused-ring (bicyclic) bond motifs is 2. The van der Waals surface area contributed by atoms with Crippen LogP contribution in [0.15, 0.2) is 45.3 Å². The summed E-state index contributed by atoms with van der Waals surface area (Å²) in [6.45, 7) is 16.4. The Labute approximate surface area is 213 Å². The molecule has 194 valence electrons. The highest BCUT2D eigenvalue weighted by Crippen LogP contribution is 2.37. The molecule has 0 aliphatic heterocycles. The van der Waals surface area contributed by atoms with Crippen molar-refractivity contribution in [3.8, 4) is 0 Å². The van der Waals surface area contributed by atoms with Crippen LogP contribution in [0.1, 0.15) is 76.0 Å². The molecule has 3 rings (SSSR count). The fourth-order valence-electron chi connectivity index (χ4n) is 4.39. The minimum Gasteiger partial charge on any atom is -0.463 e. The summed E-state index contributed by atoms with van der Waals surface area (Å²) < 4.78 is 23.0. The van der Waals surface area contributed by atoms with E-state index in [1.807, 2.05) is 12.1 Å². The minimum absolute atomic E-state index is 0.306. The molecule has 36 heavy (non-hydrogen) atoms. The second kappa shape index (κ2) is 12.6. The van der Waals surface area contributed by atoms with Gasteiger partial charge in [-0.05, 0) is 38.8 Å². The van der Waals surface area contributed by atoms with E-state index in [1.54, 1.807) is 13.8 Å². The molecule has 0 aliphatic carbocycles. The van der Waals surface area contributed by atoms with Crippen molar-refractivity contribution in [2.45, 2.75) is 79.1 Å². The van der Waals surface area contributed by atoms with Gasteiger partial charge < -0.3 is 18.3 Å². The Kier molecular flexibility index (Phi) is 9.57. The van der Waals surface area contributed by atoms with Crippen molar-refractivity contribution in [3.05, 3.63) is 59.1 Å². The highest BCUT2D eigenvalue weighted by atomic mass is 16.5. The average Bonchev–Trinajstić information content (AvgIpc) is 3.36. The van der Waals surface area contributed by atoms with Gasteiger partial charge in [-0.2, -0.15) is 0 Å². The van der Waals surface area contributed by atoms with Crippen LogP contribution < -0.4 is 0 Å². The zero-order valence-electron chi connectivity index (χ0n) is 22.1. The van der Waals surface area contributed by atoms with Gasteiger partial charge >= 0.3 is 11.9 Å². The smallest absolute Gasteiger partial charge is 0.333 e. The van der Waals surface area contributed by atoms with Gasteiger partial charge in [-0.1, -0.05) is 39.8 Å². The third kappa shape index (κ3) is 6.10. The second-order valence-electron chi connectivity index (χ2n) is 9.06. The van der Waals surface area contributed by atoms with Gasteiger partial charge in [-0.15, -0.1) is 0 Å². The van der Waals surface area contributed by atoms with Crippen LogP contribution in [0.25, 0.3) is 21.9 Å². The third-order valence-electron chi connectivity index (χ3n) is 6.29. The van der Waals surface area contributed by atoms with E-state index in [4.69, 9.17) is 18.3 Å². The molecule has 0 fully saturated rings. The van der Waals surface area contributed by atoms with Gasteiger partial charge in [0.1, 0.15) is 22.7 Å². The molecule has 6 nitrogen and oxygen atoms in total. The molecule has 3 aromatic rings. The van der Waals surface area contributed by atoms with E-state index < -0.39 is 11.9 Å². The predicted octanol–water partition coefficient (Wildman–Crippen LogP) is 7.19. The van der Waals surface area contributed by atoms with Gasteiger partial charge in [0.05, 0.1) is 13.2 Å². The van der Waals surface area contributed by atoms with Gasteiger partial charge in [-0.3, -0.25) is 0 Å². The highest BCUT2D eigenvalue weighted by Gasteiger charge is 2.23. The Morgan fingerprint density at radius 3 is 1.44 bits per heavy atom.